The van der Waals surface area contributed by atoms with Crippen LogP contribution in [0.1, 0.15) is 65.2 Å². The summed E-state index contributed by atoms with van der Waals surface area (Å²) >= 11 is 0. The van der Waals surface area contributed by atoms with Gasteiger partial charge in [0.1, 0.15) is 0 Å². The Bertz CT molecular complexity index is 127. The average molecular weight is 197 g/mol. The molecule has 0 aliphatic carbocycles. The highest BCUT2D eigenvalue weighted by molar-refractivity contribution is 4.72. The van der Waals surface area contributed by atoms with Crippen molar-refractivity contribution in [2.45, 2.75) is 71.3 Å². The topological polar surface area (TPSA) is 3.24 Å². The molecule has 0 radical (unpaired) electrons. The highest BCUT2D eigenvalue weighted by Gasteiger charge is 2.16. The van der Waals surface area contributed by atoms with Gasteiger partial charge in [-0.15, -0.1) is 0 Å². The van der Waals surface area contributed by atoms with Crippen molar-refractivity contribution >= 4 is 0 Å². The van der Waals surface area contributed by atoms with E-state index in [1.54, 1.807) is 0 Å². The molecule has 1 saturated heterocycles. The molecule has 0 N–H and O–H groups in total. The largest absolute Gasteiger partial charge is 0.301 e. The lowest BCUT2D eigenvalue weighted by molar-refractivity contribution is 0.242. The van der Waals surface area contributed by atoms with Gasteiger partial charge in [0.15, 0.2) is 0 Å². The van der Waals surface area contributed by atoms with E-state index >= 15 is 0 Å². The zero-order valence-corrected chi connectivity index (χ0v) is 10.1. The van der Waals surface area contributed by atoms with Crippen molar-refractivity contribution in [1.82, 2.24) is 4.90 Å². The lowest BCUT2D eigenvalue weighted by Gasteiger charge is -2.23. The second kappa shape index (κ2) is 7.28. The van der Waals surface area contributed by atoms with Gasteiger partial charge in [-0.3, -0.25) is 0 Å². The van der Waals surface area contributed by atoms with Crippen LogP contribution in [0.25, 0.3) is 0 Å². The number of hydrogen-bond donors (Lipinski definition) is 0. The van der Waals surface area contributed by atoms with Gasteiger partial charge in [0.25, 0.3) is 0 Å². The molecular formula is C13H27N. The van der Waals surface area contributed by atoms with E-state index < -0.39 is 0 Å². The van der Waals surface area contributed by atoms with Gasteiger partial charge in [-0.1, -0.05) is 39.0 Å². The zero-order valence-electron chi connectivity index (χ0n) is 10.1. The number of likely N-dealkylation sites (tertiary alicyclic amines) is 1. The first kappa shape index (κ1) is 12.0. The smallest absolute Gasteiger partial charge is 0.00669 e. The van der Waals surface area contributed by atoms with Crippen molar-refractivity contribution in [1.29, 1.82) is 0 Å². The first-order valence-corrected chi connectivity index (χ1v) is 6.58. The SMILES string of the molecule is CCCCCCC[C@H](C)N1CCCC1. The molecule has 0 bridgehead atoms. The quantitative estimate of drug-likeness (QED) is 0.561. The Hall–Kier alpha value is -0.0400. The third-order valence-electron chi connectivity index (χ3n) is 3.49. The molecule has 0 saturated carbocycles. The van der Waals surface area contributed by atoms with E-state index in [4.69, 9.17) is 0 Å². The highest BCUT2D eigenvalue weighted by Crippen LogP contribution is 2.16. The molecule has 1 atom stereocenters. The van der Waals surface area contributed by atoms with Crippen molar-refractivity contribution in [2.75, 3.05) is 13.1 Å². The van der Waals surface area contributed by atoms with E-state index in [2.05, 4.69) is 18.7 Å². The van der Waals surface area contributed by atoms with Crippen LogP contribution in [0.5, 0.6) is 0 Å². The van der Waals surface area contributed by atoms with E-state index in [0.29, 0.717) is 0 Å². The zero-order chi connectivity index (χ0) is 10.2. The molecule has 14 heavy (non-hydrogen) atoms. The van der Waals surface area contributed by atoms with Crippen LogP contribution in [0.15, 0.2) is 0 Å². The van der Waals surface area contributed by atoms with E-state index in [1.165, 1.54) is 64.5 Å². The summed E-state index contributed by atoms with van der Waals surface area (Å²) in [6.45, 7) is 7.41. The fourth-order valence-corrected chi connectivity index (χ4v) is 2.41. The summed E-state index contributed by atoms with van der Waals surface area (Å²) in [6.07, 6.45) is 11.4. The van der Waals surface area contributed by atoms with Crippen molar-refractivity contribution in [3.8, 4) is 0 Å². The first-order valence-electron chi connectivity index (χ1n) is 6.58. The maximum Gasteiger partial charge on any atom is 0.00669 e. The molecule has 1 aliphatic rings. The molecule has 1 nitrogen and oxygen atoms in total. The monoisotopic (exact) mass is 197 g/mol. The van der Waals surface area contributed by atoms with Gasteiger partial charge in [-0.25, -0.2) is 0 Å². The van der Waals surface area contributed by atoms with Crippen LogP contribution in [0.2, 0.25) is 0 Å². The van der Waals surface area contributed by atoms with Gasteiger partial charge < -0.3 is 4.90 Å². The molecule has 1 rings (SSSR count). The lowest BCUT2D eigenvalue weighted by atomic mass is 10.1. The number of hydrogen-bond acceptors (Lipinski definition) is 1. The standard InChI is InChI=1S/C13H27N/c1-3-4-5-6-7-10-13(2)14-11-8-9-12-14/h13H,3-12H2,1-2H3/t13-/m0/s1. The fourth-order valence-electron chi connectivity index (χ4n) is 2.41. The average Bonchev–Trinajstić information content (AvgIpc) is 2.70. The normalized spacial score (nSPS) is 20.1. The Kier molecular flexibility index (Phi) is 6.25. The summed E-state index contributed by atoms with van der Waals surface area (Å²) in [7, 11) is 0. The summed E-state index contributed by atoms with van der Waals surface area (Å²) in [5.74, 6) is 0. The molecule has 84 valence electrons. The van der Waals surface area contributed by atoms with Gasteiger partial charge in [0.05, 0.1) is 0 Å². The molecular weight excluding hydrogens is 170 g/mol. The second-order valence-corrected chi connectivity index (χ2v) is 4.79. The highest BCUT2D eigenvalue weighted by atomic mass is 15.2. The maximum atomic E-state index is 2.67. The van der Waals surface area contributed by atoms with Crippen molar-refractivity contribution in [3.05, 3.63) is 0 Å². The fraction of sp³-hybridized carbons (Fsp3) is 1.00. The number of rotatable bonds is 7. The van der Waals surface area contributed by atoms with Crippen molar-refractivity contribution in [2.24, 2.45) is 0 Å². The van der Waals surface area contributed by atoms with Gasteiger partial charge in [-0.05, 0) is 39.3 Å². The van der Waals surface area contributed by atoms with Gasteiger partial charge in [0, 0.05) is 6.04 Å². The van der Waals surface area contributed by atoms with Crippen LogP contribution in [-0.2, 0) is 0 Å². The maximum absolute atomic E-state index is 2.67. The summed E-state index contributed by atoms with van der Waals surface area (Å²) in [4.78, 5) is 2.67. The predicted molar refractivity (Wildman–Crippen MR) is 63.6 cm³/mol. The second-order valence-electron chi connectivity index (χ2n) is 4.79. The lowest BCUT2D eigenvalue weighted by Crippen LogP contribution is -2.29. The third-order valence-corrected chi connectivity index (χ3v) is 3.49. The summed E-state index contributed by atoms with van der Waals surface area (Å²) in [5, 5.41) is 0. The molecule has 1 heterocycles. The summed E-state index contributed by atoms with van der Waals surface area (Å²) in [5.41, 5.74) is 0. The minimum absolute atomic E-state index is 0.846. The van der Waals surface area contributed by atoms with Crippen LogP contribution in [-0.4, -0.2) is 24.0 Å². The first-order chi connectivity index (χ1) is 6.84. The van der Waals surface area contributed by atoms with Crippen LogP contribution in [0.3, 0.4) is 0 Å². The molecule has 0 amide bonds. The van der Waals surface area contributed by atoms with Gasteiger partial charge in [0.2, 0.25) is 0 Å². The van der Waals surface area contributed by atoms with Crippen LogP contribution < -0.4 is 0 Å². The van der Waals surface area contributed by atoms with Crippen LogP contribution >= 0.6 is 0 Å². The van der Waals surface area contributed by atoms with E-state index in [9.17, 15) is 0 Å². The Balaban J connectivity index is 1.94. The number of unbranched alkanes of at least 4 members (excludes halogenated alkanes) is 4. The van der Waals surface area contributed by atoms with Crippen molar-refractivity contribution < 1.29 is 0 Å². The molecule has 1 fully saturated rings. The van der Waals surface area contributed by atoms with E-state index in [-0.39, 0.29) is 0 Å². The Labute approximate surface area is 89.9 Å². The van der Waals surface area contributed by atoms with Gasteiger partial charge >= 0.3 is 0 Å². The minimum atomic E-state index is 0.846. The molecule has 1 aliphatic heterocycles. The summed E-state index contributed by atoms with van der Waals surface area (Å²) < 4.78 is 0. The summed E-state index contributed by atoms with van der Waals surface area (Å²) in [6, 6.07) is 0.846. The molecule has 0 aromatic carbocycles. The Morgan fingerprint density at radius 3 is 2.29 bits per heavy atom. The Morgan fingerprint density at radius 1 is 1.00 bits per heavy atom. The van der Waals surface area contributed by atoms with Crippen molar-refractivity contribution in [3.63, 3.8) is 0 Å². The number of nitrogens with zero attached hydrogens (tertiary/aromatic N) is 1. The van der Waals surface area contributed by atoms with Crippen LogP contribution in [0.4, 0.5) is 0 Å². The van der Waals surface area contributed by atoms with E-state index in [1.807, 2.05) is 0 Å². The molecule has 1 heteroatoms. The van der Waals surface area contributed by atoms with E-state index in [0.717, 1.165) is 6.04 Å². The third kappa shape index (κ3) is 4.45. The minimum Gasteiger partial charge on any atom is -0.301 e. The Morgan fingerprint density at radius 2 is 1.64 bits per heavy atom. The molecule has 0 unspecified atom stereocenters. The predicted octanol–water partition coefficient (Wildman–Crippen LogP) is 3.83. The van der Waals surface area contributed by atoms with Crippen LogP contribution in [0, 0.1) is 0 Å². The molecule has 0 spiro atoms. The van der Waals surface area contributed by atoms with Gasteiger partial charge in [-0.2, -0.15) is 0 Å². The molecule has 0 aromatic heterocycles. The molecule has 0 aromatic rings.